The summed E-state index contributed by atoms with van der Waals surface area (Å²) in [7, 11) is 0. The van der Waals surface area contributed by atoms with Crippen molar-refractivity contribution < 1.29 is 14.3 Å². The highest BCUT2D eigenvalue weighted by atomic mass is 79.9. The summed E-state index contributed by atoms with van der Waals surface area (Å²) in [5.41, 5.74) is 1.11. The van der Waals surface area contributed by atoms with Crippen LogP contribution in [0.15, 0.2) is 27.1 Å². The largest absolute Gasteiger partial charge is 0.475 e. The normalized spacial score (nSPS) is 14.6. The Labute approximate surface area is 122 Å². The maximum absolute atomic E-state index is 11.2. The van der Waals surface area contributed by atoms with Gasteiger partial charge in [-0.05, 0) is 40.9 Å². The van der Waals surface area contributed by atoms with Crippen LogP contribution in [0.2, 0.25) is 5.02 Å². The number of aromatic carboxylic acids is 1. The van der Waals surface area contributed by atoms with E-state index >= 15 is 0 Å². The third-order valence-electron chi connectivity index (χ3n) is 2.99. The first-order valence-corrected chi connectivity index (χ1v) is 6.93. The number of rotatable bonds is 3. The van der Waals surface area contributed by atoms with E-state index in [1.54, 1.807) is 18.2 Å². The number of halogens is 2. The maximum atomic E-state index is 11.2. The fourth-order valence-electron chi connectivity index (χ4n) is 1.90. The SMILES string of the molecule is O=C(O)c1oc(-c2cccc(Br)c2Cl)nc1C1CC1. The lowest BCUT2D eigenvalue weighted by atomic mass is 10.2. The van der Waals surface area contributed by atoms with Gasteiger partial charge in [-0.3, -0.25) is 0 Å². The van der Waals surface area contributed by atoms with Crippen molar-refractivity contribution in [2.45, 2.75) is 18.8 Å². The van der Waals surface area contributed by atoms with E-state index < -0.39 is 5.97 Å². The molecule has 1 aromatic carbocycles. The fourth-order valence-corrected chi connectivity index (χ4v) is 2.48. The highest BCUT2D eigenvalue weighted by molar-refractivity contribution is 9.10. The minimum absolute atomic E-state index is 0.0754. The van der Waals surface area contributed by atoms with E-state index in [1.165, 1.54) is 0 Å². The van der Waals surface area contributed by atoms with Crippen LogP contribution in [0.5, 0.6) is 0 Å². The summed E-state index contributed by atoms with van der Waals surface area (Å²) in [5.74, 6) is -0.708. The Balaban J connectivity index is 2.13. The molecule has 1 aliphatic rings. The Morgan fingerprint density at radius 3 is 2.84 bits per heavy atom. The van der Waals surface area contributed by atoms with Gasteiger partial charge < -0.3 is 9.52 Å². The summed E-state index contributed by atoms with van der Waals surface area (Å²) in [6.45, 7) is 0. The van der Waals surface area contributed by atoms with E-state index in [0.29, 0.717) is 16.3 Å². The third kappa shape index (κ3) is 2.28. The average molecular weight is 343 g/mol. The van der Waals surface area contributed by atoms with Gasteiger partial charge in [0.2, 0.25) is 11.7 Å². The van der Waals surface area contributed by atoms with Crippen LogP contribution in [-0.2, 0) is 0 Å². The quantitative estimate of drug-likeness (QED) is 0.901. The molecule has 0 saturated heterocycles. The minimum atomic E-state index is -1.09. The molecule has 3 rings (SSSR count). The molecule has 1 aliphatic carbocycles. The first-order chi connectivity index (χ1) is 9.08. The second kappa shape index (κ2) is 4.65. The number of carbonyl (C=O) groups is 1. The zero-order chi connectivity index (χ0) is 13.6. The molecule has 0 bridgehead atoms. The Kier molecular flexibility index (Phi) is 3.11. The Morgan fingerprint density at radius 2 is 2.21 bits per heavy atom. The molecule has 1 N–H and O–H groups in total. The van der Waals surface area contributed by atoms with Gasteiger partial charge in [-0.2, -0.15) is 0 Å². The van der Waals surface area contributed by atoms with Crippen molar-refractivity contribution in [1.82, 2.24) is 4.98 Å². The number of carboxylic acids is 1. The van der Waals surface area contributed by atoms with Crippen LogP contribution in [0.4, 0.5) is 0 Å². The number of nitrogens with zero attached hydrogens (tertiary/aromatic N) is 1. The lowest BCUT2D eigenvalue weighted by Crippen LogP contribution is -1.98. The molecule has 2 aromatic rings. The first kappa shape index (κ1) is 12.7. The van der Waals surface area contributed by atoms with Crippen molar-refractivity contribution in [2.24, 2.45) is 0 Å². The molecule has 0 spiro atoms. The molecular formula is C13H9BrClNO3. The highest BCUT2D eigenvalue weighted by Gasteiger charge is 2.34. The van der Waals surface area contributed by atoms with Crippen LogP contribution in [0, 0.1) is 0 Å². The van der Waals surface area contributed by atoms with Crippen molar-refractivity contribution in [3.05, 3.63) is 39.1 Å². The van der Waals surface area contributed by atoms with E-state index in [1.807, 2.05) is 0 Å². The zero-order valence-electron chi connectivity index (χ0n) is 9.69. The van der Waals surface area contributed by atoms with Gasteiger partial charge in [0.25, 0.3) is 0 Å². The van der Waals surface area contributed by atoms with Gasteiger partial charge in [-0.1, -0.05) is 17.7 Å². The molecule has 6 heteroatoms. The first-order valence-electron chi connectivity index (χ1n) is 5.76. The molecular weight excluding hydrogens is 334 g/mol. The van der Waals surface area contributed by atoms with Gasteiger partial charge in [0.1, 0.15) is 0 Å². The molecule has 1 heterocycles. The van der Waals surface area contributed by atoms with Crippen LogP contribution in [-0.4, -0.2) is 16.1 Å². The second-order valence-electron chi connectivity index (χ2n) is 4.41. The van der Waals surface area contributed by atoms with E-state index in [2.05, 4.69) is 20.9 Å². The molecule has 1 saturated carbocycles. The molecule has 19 heavy (non-hydrogen) atoms. The van der Waals surface area contributed by atoms with Crippen LogP contribution >= 0.6 is 27.5 Å². The number of oxazole rings is 1. The van der Waals surface area contributed by atoms with Crippen molar-refractivity contribution >= 4 is 33.5 Å². The molecule has 0 atom stereocenters. The van der Waals surface area contributed by atoms with E-state index in [4.69, 9.17) is 21.1 Å². The van der Waals surface area contributed by atoms with Crippen molar-refractivity contribution in [1.29, 1.82) is 0 Å². The van der Waals surface area contributed by atoms with Crippen LogP contribution in [0.25, 0.3) is 11.5 Å². The molecule has 1 aromatic heterocycles. The molecule has 98 valence electrons. The molecule has 0 amide bonds. The van der Waals surface area contributed by atoms with Gasteiger partial charge >= 0.3 is 5.97 Å². The number of benzene rings is 1. The van der Waals surface area contributed by atoms with Gasteiger partial charge in [-0.15, -0.1) is 0 Å². The predicted octanol–water partition coefficient (Wildman–Crippen LogP) is 4.33. The maximum Gasteiger partial charge on any atom is 0.373 e. The number of hydrogen-bond acceptors (Lipinski definition) is 3. The monoisotopic (exact) mass is 341 g/mol. The predicted molar refractivity (Wildman–Crippen MR) is 73.6 cm³/mol. The standard InChI is InChI=1S/C13H9BrClNO3/c14-8-3-1-2-7(9(8)15)12-16-10(6-4-5-6)11(19-12)13(17)18/h1-3,6H,4-5H2,(H,17,18). The Hall–Kier alpha value is -1.33. The minimum Gasteiger partial charge on any atom is -0.475 e. The third-order valence-corrected chi connectivity index (χ3v) is 4.29. The lowest BCUT2D eigenvalue weighted by Gasteiger charge is -2.00. The van der Waals surface area contributed by atoms with E-state index in [-0.39, 0.29) is 17.6 Å². The van der Waals surface area contributed by atoms with Crippen molar-refractivity contribution in [3.8, 4) is 11.5 Å². The number of carboxylic acid groups (broad SMARTS) is 1. The Bertz CT molecular complexity index is 664. The summed E-state index contributed by atoms with van der Waals surface area (Å²) in [6.07, 6.45) is 1.91. The summed E-state index contributed by atoms with van der Waals surface area (Å²) in [6, 6.07) is 5.35. The van der Waals surface area contributed by atoms with Gasteiger partial charge in [0.05, 0.1) is 16.3 Å². The van der Waals surface area contributed by atoms with E-state index in [0.717, 1.165) is 17.3 Å². The van der Waals surface area contributed by atoms with E-state index in [9.17, 15) is 4.79 Å². The van der Waals surface area contributed by atoms with Crippen LogP contribution < -0.4 is 0 Å². The molecule has 1 fully saturated rings. The van der Waals surface area contributed by atoms with Crippen LogP contribution in [0.3, 0.4) is 0 Å². The number of hydrogen-bond donors (Lipinski definition) is 1. The summed E-state index contributed by atoms with van der Waals surface area (Å²) in [5, 5.41) is 9.61. The average Bonchev–Trinajstić information content (AvgIpc) is 3.12. The molecule has 4 nitrogen and oxygen atoms in total. The smallest absolute Gasteiger partial charge is 0.373 e. The topological polar surface area (TPSA) is 63.3 Å². The van der Waals surface area contributed by atoms with Gasteiger partial charge in [0.15, 0.2) is 0 Å². The molecule has 0 unspecified atom stereocenters. The van der Waals surface area contributed by atoms with Crippen LogP contribution in [0.1, 0.15) is 35.0 Å². The summed E-state index contributed by atoms with van der Waals surface area (Å²) < 4.78 is 6.10. The van der Waals surface area contributed by atoms with Gasteiger partial charge in [-0.25, -0.2) is 9.78 Å². The number of aromatic nitrogens is 1. The summed E-state index contributed by atoms with van der Waals surface area (Å²) in [4.78, 5) is 15.5. The lowest BCUT2D eigenvalue weighted by molar-refractivity contribution is 0.0661. The van der Waals surface area contributed by atoms with Crippen molar-refractivity contribution in [2.75, 3.05) is 0 Å². The highest BCUT2D eigenvalue weighted by Crippen LogP contribution is 2.43. The van der Waals surface area contributed by atoms with Crippen molar-refractivity contribution in [3.63, 3.8) is 0 Å². The molecule has 0 aliphatic heterocycles. The summed E-state index contributed by atoms with van der Waals surface area (Å²) >= 11 is 9.49. The van der Waals surface area contributed by atoms with Gasteiger partial charge in [0, 0.05) is 10.4 Å². The second-order valence-corrected chi connectivity index (χ2v) is 5.65. The Morgan fingerprint density at radius 1 is 1.47 bits per heavy atom. The molecule has 0 radical (unpaired) electrons. The zero-order valence-corrected chi connectivity index (χ0v) is 12.0. The fraction of sp³-hybridized carbons (Fsp3) is 0.231.